The standard InChI is InChI=1S/C10H15N3O3/c1-12-9(15)7-6-13(4-5-14)3-2-8(7)11-10(12)16/h14H,2-6H2,1H3,(H,11,16). The van der Waals surface area contributed by atoms with Gasteiger partial charge in [0.15, 0.2) is 0 Å². The number of rotatable bonds is 2. The number of fused-ring (bicyclic) bond motifs is 1. The van der Waals surface area contributed by atoms with Crippen molar-refractivity contribution >= 4 is 0 Å². The van der Waals surface area contributed by atoms with Crippen LogP contribution in [0.5, 0.6) is 0 Å². The van der Waals surface area contributed by atoms with Gasteiger partial charge in [0.25, 0.3) is 5.56 Å². The van der Waals surface area contributed by atoms with Crippen molar-refractivity contribution in [1.29, 1.82) is 0 Å². The molecular formula is C10H15N3O3. The summed E-state index contributed by atoms with van der Waals surface area (Å²) >= 11 is 0. The molecule has 0 spiro atoms. The number of nitrogens with one attached hydrogen (secondary N) is 1. The molecule has 0 aromatic carbocycles. The molecule has 16 heavy (non-hydrogen) atoms. The van der Waals surface area contributed by atoms with Crippen LogP contribution in [0.3, 0.4) is 0 Å². The number of aliphatic hydroxyl groups excluding tert-OH is 1. The van der Waals surface area contributed by atoms with Crippen molar-refractivity contribution in [2.75, 3.05) is 19.7 Å². The van der Waals surface area contributed by atoms with E-state index in [-0.39, 0.29) is 17.9 Å². The predicted molar refractivity (Wildman–Crippen MR) is 58.4 cm³/mol. The zero-order valence-corrected chi connectivity index (χ0v) is 9.19. The molecule has 1 aromatic rings. The van der Waals surface area contributed by atoms with E-state index in [0.717, 1.165) is 16.8 Å². The van der Waals surface area contributed by atoms with Crippen molar-refractivity contribution in [2.45, 2.75) is 13.0 Å². The Kier molecular flexibility index (Phi) is 2.93. The highest BCUT2D eigenvalue weighted by molar-refractivity contribution is 5.19. The third-order valence-corrected chi connectivity index (χ3v) is 2.97. The lowest BCUT2D eigenvalue weighted by Gasteiger charge is -2.27. The summed E-state index contributed by atoms with van der Waals surface area (Å²) in [6, 6.07) is 0. The minimum Gasteiger partial charge on any atom is -0.395 e. The van der Waals surface area contributed by atoms with E-state index in [9.17, 15) is 9.59 Å². The molecule has 0 amide bonds. The molecule has 0 atom stereocenters. The number of hydrogen-bond acceptors (Lipinski definition) is 4. The third kappa shape index (κ3) is 1.81. The summed E-state index contributed by atoms with van der Waals surface area (Å²) in [5.74, 6) is 0. The van der Waals surface area contributed by atoms with Crippen LogP contribution in [0.1, 0.15) is 11.3 Å². The van der Waals surface area contributed by atoms with Crippen molar-refractivity contribution in [3.05, 3.63) is 32.1 Å². The molecule has 0 radical (unpaired) electrons. The fraction of sp³-hybridized carbons (Fsp3) is 0.600. The average molecular weight is 225 g/mol. The first-order valence-electron chi connectivity index (χ1n) is 5.27. The van der Waals surface area contributed by atoms with Gasteiger partial charge in [-0.1, -0.05) is 0 Å². The van der Waals surface area contributed by atoms with Crippen molar-refractivity contribution in [3.63, 3.8) is 0 Å². The molecule has 2 rings (SSSR count). The van der Waals surface area contributed by atoms with Gasteiger partial charge in [0.05, 0.1) is 12.2 Å². The topological polar surface area (TPSA) is 78.3 Å². The summed E-state index contributed by atoms with van der Waals surface area (Å²) in [7, 11) is 1.46. The van der Waals surface area contributed by atoms with Crippen LogP contribution in [0.15, 0.2) is 9.59 Å². The van der Waals surface area contributed by atoms with E-state index in [1.165, 1.54) is 7.05 Å². The van der Waals surface area contributed by atoms with E-state index in [0.29, 0.717) is 25.1 Å². The highest BCUT2D eigenvalue weighted by Crippen LogP contribution is 2.11. The number of aromatic amines is 1. The molecule has 1 aromatic heterocycles. The zero-order valence-electron chi connectivity index (χ0n) is 9.19. The first-order valence-corrected chi connectivity index (χ1v) is 5.27. The first-order chi connectivity index (χ1) is 7.63. The second-order valence-corrected chi connectivity index (χ2v) is 4.00. The molecule has 1 aliphatic rings. The van der Waals surface area contributed by atoms with Gasteiger partial charge < -0.3 is 10.1 Å². The smallest absolute Gasteiger partial charge is 0.328 e. The molecule has 0 saturated heterocycles. The lowest BCUT2D eigenvalue weighted by Crippen LogP contribution is -2.43. The van der Waals surface area contributed by atoms with Crippen LogP contribution in [0.4, 0.5) is 0 Å². The number of H-pyrrole nitrogens is 1. The monoisotopic (exact) mass is 225 g/mol. The lowest BCUT2D eigenvalue weighted by atomic mass is 10.1. The van der Waals surface area contributed by atoms with E-state index in [1.54, 1.807) is 0 Å². The fourth-order valence-electron chi connectivity index (χ4n) is 1.99. The Morgan fingerprint density at radius 1 is 1.44 bits per heavy atom. The van der Waals surface area contributed by atoms with Crippen LogP contribution >= 0.6 is 0 Å². The Bertz CT molecular complexity index is 503. The molecule has 6 heteroatoms. The molecule has 0 fully saturated rings. The molecule has 1 aliphatic heterocycles. The van der Waals surface area contributed by atoms with E-state index in [1.807, 2.05) is 4.90 Å². The molecule has 6 nitrogen and oxygen atoms in total. The fourth-order valence-corrected chi connectivity index (χ4v) is 1.99. The zero-order chi connectivity index (χ0) is 11.7. The quantitative estimate of drug-likeness (QED) is 0.637. The maximum atomic E-state index is 11.8. The SMILES string of the molecule is Cn1c(=O)[nH]c2c(c1=O)CN(CCO)CC2. The van der Waals surface area contributed by atoms with Gasteiger partial charge >= 0.3 is 5.69 Å². The maximum Gasteiger partial charge on any atom is 0.328 e. The van der Waals surface area contributed by atoms with Crippen molar-refractivity contribution in [3.8, 4) is 0 Å². The van der Waals surface area contributed by atoms with Gasteiger partial charge in [0.1, 0.15) is 0 Å². The van der Waals surface area contributed by atoms with E-state index in [2.05, 4.69) is 4.98 Å². The molecule has 88 valence electrons. The summed E-state index contributed by atoms with van der Waals surface area (Å²) < 4.78 is 1.08. The number of nitrogens with zero attached hydrogens (tertiary/aromatic N) is 2. The third-order valence-electron chi connectivity index (χ3n) is 2.97. The largest absolute Gasteiger partial charge is 0.395 e. The number of aromatic nitrogens is 2. The van der Waals surface area contributed by atoms with Crippen LogP contribution in [0, 0.1) is 0 Å². The number of aliphatic hydroxyl groups is 1. The second-order valence-electron chi connectivity index (χ2n) is 4.00. The molecule has 2 heterocycles. The van der Waals surface area contributed by atoms with Gasteiger partial charge in [-0.15, -0.1) is 0 Å². The van der Waals surface area contributed by atoms with Gasteiger partial charge in [-0.2, -0.15) is 0 Å². The second kappa shape index (κ2) is 4.23. The Balaban J connectivity index is 2.42. The van der Waals surface area contributed by atoms with Crippen LogP contribution in [-0.2, 0) is 20.0 Å². The van der Waals surface area contributed by atoms with Crippen LogP contribution in [0.25, 0.3) is 0 Å². The van der Waals surface area contributed by atoms with Gasteiger partial charge in [-0.05, 0) is 0 Å². The molecule has 2 N–H and O–H groups in total. The predicted octanol–water partition coefficient (Wildman–Crippen LogP) is -1.58. The molecule has 0 bridgehead atoms. The molecule has 0 unspecified atom stereocenters. The minimum atomic E-state index is -0.362. The molecule has 0 saturated carbocycles. The summed E-state index contributed by atoms with van der Waals surface area (Å²) in [4.78, 5) is 27.9. The van der Waals surface area contributed by atoms with Crippen LogP contribution in [0.2, 0.25) is 0 Å². The van der Waals surface area contributed by atoms with Gasteiger partial charge in [0.2, 0.25) is 0 Å². The van der Waals surface area contributed by atoms with Gasteiger partial charge in [-0.25, -0.2) is 4.79 Å². The maximum absolute atomic E-state index is 11.8. The summed E-state index contributed by atoms with van der Waals surface area (Å²) in [5, 5.41) is 8.85. The van der Waals surface area contributed by atoms with Crippen molar-refractivity contribution in [1.82, 2.24) is 14.5 Å². The van der Waals surface area contributed by atoms with Crippen molar-refractivity contribution in [2.24, 2.45) is 7.05 Å². The first kappa shape index (κ1) is 11.1. The minimum absolute atomic E-state index is 0.0823. The van der Waals surface area contributed by atoms with E-state index >= 15 is 0 Å². The van der Waals surface area contributed by atoms with Gasteiger partial charge in [0, 0.05) is 38.8 Å². The summed E-state index contributed by atoms with van der Waals surface area (Å²) in [6.45, 7) is 1.90. The highest BCUT2D eigenvalue weighted by atomic mass is 16.3. The lowest BCUT2D eigenvalue weighted by molar-refractivity contribution is 0.182. The number of hydrogen-bond donors (Lipinski definition) is 2. The van der Waals surface area contributed by atoms with Crippen LogP contribution < -0.4 is 11.2 Å². The molecular weight excluding hydrogens is 210 g/mol. The van der Waals surface area contributed by atoms with E-state index < -0.39 is 0 Å². The summed E-state index contributed by atoms with van der Waals surface area (Å²) in [5.41, 5.74) is 0.782. The summed E-state index contributed by atoms with van der Waals surface area (Å²) in [6.07, 6.45) is 0.653. The molecule has 0 aliphatic carbocycles. The Morgan fingerprint density at radius 3 is 2.88 bits per heavy atom. The van der Waals surface area contributed by atoms with Crippen LogP contribution in [-0.4, -0.2) is 39.3 Å². The average Bonchev–Trinajstić information content (AvgIpc) is 2.28. The Morgan fingerprint density at radius 2 is 2.19 bits per heavy atom. The van der Waals surface area contributed by atoms with Gasteiger partial charge in [-0.3, -0.25) is 14.3 Å². The highest BCUT2D eigenvalue weighted by Gasteiger charge is 2.20. The Labute approximate surface area is 92.1 Å². The number of β-amino-alcohol motifs (C(OH)–C–C–N with tert-alkyl or cyclic N) is 1. The van der Waals surface area contributed by atoms with E-state index in [4.69, 9.17) is 5.11 Å². The Hall–Kier alpha value is -1.40. The normalized spacial score (nSPS) is 16.1. The van der Waals surface area contributed by atoms with Crippen molar-refractivity contribution < 1.29 is 5.11 Å².